The second kappa shape index (κ2) is 7.34. The van der Waals surface area contributed by atoms with Gasteiger partial charge in [-0.3, -0.25) is 9.78 Å². The van der Waals surface area contributed by atoms with E-state index >= 15 is 0 Å². The second-order valence-corrected chi connectivity index (χ2v) is 6.21. The number of amides is 1. The minimum Gasteiger partial charge on any atom is -0.497 e. The molecule has 0 fully saturated rings. The molecular formula is C21H22N2O2. The van der Waals surface area contributed by atoms with Crippen LogP contribution in [0.15, 0.2) is 60.9 Å². The van der Waals surface area contributed by atoms with Crippen molar-refractivity contribution < 1.29 is 9.53 Å². The highest BCUT2D eigenvalue weighted by Crippen LogP contribution is 2.25. The summed E-state index contributed by atoms with van der Waals surface area (Å²) in [4.78, 5) is 16.6. The Hall–Kier alpha value is -2.88. The molecule has 3 rings (SSSR count). The lowest BCUT2D eigenvalue weighted by Gasteiger charge is -2.18. The minimum atomic E-state index is -0.226. The zero-order chi connectivity index (χ0) is 17.8. The molecule has 1 amide bonds. The van der Waals surface area contributed by atoms with Crippen LogP contribution >= 0.6 is 0 Å². The van der Waals surface area contributed by atoms with E-state index in [1.807, 2.05) is 56.3 Å². The smallest absolute Gasteiger partial charge is 0.227 e. The van der Waals surface area contributed by atoms with Gasteiger partial charge in [-0.1, -0.05) is 24.3 Å². The van der Waals surface area contributed by atoms with Crippen molar-refractivity contribution in [2.45, 2.75) is 25.8 Å². The van der Waals surface area contributed by atoms with Gasteiger partial charge in [0.25, 0.3) is 0 Å². The number of ether oxygens (including phenoxy) is 1. The van der Waals surface area contributed by atoms with Crippen molar-refractivity contribution in [3.05, 3.63) is 72.1 Å². The molecule has 3 aromatic rings. The van der Waals surface area contributed by atoms with Gasteiger partial charge in [0.15, 0.2) is 0 Å². The average Bonchev–Trinajstić information content (AvgIpc) is 2.67. The molecule has 0 aliphatic rings. The summed E-state index contributed by atoms with van der Waals surface area (Å²) in [6.07, 6.45) is 3.47. The van der Waals surface area contributed by atoms with Gasteiger partial charge in [-0.2, -0.15) is 0 Å². The third-order valence-corrected chi connectivity index (χ3v) is 4.53. The summed E-state index contributed by atoms with van der Waals surface area (Å²) in [6, 6.07) is 15.8. The Bertz CT molecular complexity index is 877. The topological polar surface area (TPSA) is 51.2 Å². The molecule has 2 aromatic carbocycles. The highest BCUT2D eigenvalue weighted by molar-refractivity contribution is 5.88. The van der Waals surface area contributed by atoms with Crippen molar-refractivity contribution in [2.75, 3.05) is 7.11 Å². The van der Waals surface area contributed by atoms with Crippen LogP contribution in [-0.2, 0) is 4.79 Å². The summed E-state index contributed by atoms with van der Waals surface area (Å²) in [5, 5.41) is 5.27. The molecule has 1 aromatic heterocycles. The maximum Gasteiger partial charge on any atom is 0.227 e. The predicted octanol–water partition coefficient (Wildman–Crippen LogP) is 4.22. The second-order valence-electron chi connectivity index (χ2n) is 6.21. The Kier molecular flexibility index (Phi) is 4.98. The first-order valence-electron chi connectivity index (χ1n) is 8.36. The first kappa shape index (κ1) is 17.0. The number of nitrogens with zero attached hydrogens (tertiary/aromatic N) is 1. The molecule has 4 nitrogen and oxygen atoms in total. The molecule has 0 aliphatic heterocycles. The lowest BCUT2D eigenvalue weighted by atomic mass is 9.96. The molecule has 0 bridgehead atoms. The number of carbonyl (C=O) groups is 1. The van der Waals surface area contributed by atoms with E-state index in [-0.39, 0.29) is 17.9 Å². The van der Waals surface area contributed by atoms with Crippen LogP contribution in [0.4, 0.5) is 0 Å². The van der Waals surface area contributed by atoms with Crippen molar-refractivity contribution in [1.29, 1.82) is 0 Å². The fraction of sp³-hybridized carbons (Fsp3) is 0.238. The summed E-state index contributed by atoms with van der Waals surface area (Å²) in [6.45, 7) is 3.91. The molecule has 0 saturated heterocycles. The molecule has 1 unspecified atom stereocenters. The number of hydrogen-bond donors (Lipinski definition) is 1. The molecule has 2 atom stereocenters. The van der Waals surface area contributed by atoms with Gasteiger partial charge in [0.05, 0.1) is 19.1 Å². The molecule has 1 N–H and O–H groups in total. The van der Waals surface area contributed by atoms with Gasteiger partial charge in [0.2, 0.25) is 5.91 Å². The van der Waals surface area contributed by atoms with Crippen molar-refractivity contribution in [3.8, 4) is 5.75 Å². The van der Waals surface area contributed by atoms with Crippen molar-refractivity contribution in [1.82, 2.24) is 10.3 Å². The van der Waals surface area contributed by atoms with Crippen LogP contribution in [-0.4, -0.2) is 18.0 Å². The highest BCUT2D eigenvalue weighted by Gasteiger charge is 2.18. The van der Waals surface area contributed by atoms with Gasteiger partial charge in [0.1, 0.15) is 5.75 Å². The summed E-state index contributed by atoms with van der Waals surface area (Å²) >= 11 is 0. The fourth-order valence-electron chi connectivity index (χ4n) is 2.86. The Morgan fingerprint density at radius 3 is 2.36 bits per heavy atom. The monoisotopic (exact) mass is 334 g/mol. The number of rotatable bonds is 5. The first-order chi connectivity index (χ1) is 12.1. The fourth-order valence-corrected chi connectivity index (χ4v) is 2.86. The van der Waals surface area contributed by atoms with Crippen LogP contribution in [0, 0.1) is 0 Å². The van der Waals surface area contributed by atoms with Crippen molar-refractivity contribution >= 4 is 16.7 Å². The number of fused-ring (bicyclic) bond motifs is 1. The van der Waals surface area contributed by atoms with Crippen molar-refractivity contribution in [2.24, 2.45) is 0 Å². The maximum absolute atomic E-state index is 12.6. The quantitative estimate of drug-likeness (QED) is 0.760. The van der Waals surface area contributed by atoms with E-state index in [1.54, 1.807) is 19.5 Å². The van der Waals surface area contributed by atoms with Gasteiger partial charge < -0.3 is 10.1 Å². The first-order valence-corrected chi connectivity index (χ1v) is 8.36. The van der Waals surface area contributed by atoms with E-state index < -0.39 is 0 Å². The molecule has 128 valence electrons. The molecule has 1 heterocycles. The van der Waals surface area contributed by atoms with Gasteiger partial charge in [-0.15, -0.1) is 0 Å². The van der Waals surface area contributed by atoms with Gasteiger partial charge >= 0.3 is 0 Å². The van der Waals surface area contributed by atoms with Gasteiger partial charge in [-0.05, 0) is 60.0 Å². The van der Waals surface area contributed by atoms with Crippen LogP contribution in [0.2, 0.25) is 0 Å². The van der Waals surface area contributed by atoms with E-state index in [9.17, 15) is 4.79 Å². The van der Waals surface area contributed by atoms with Crippen LogP contribution in [0.3, 0.4) is 0 Å². The lowest BCUT2D eigenvalue weighted by molar-refractivity contribution is -0.122. The van der Waals surface area contributed by atoms with Crippen LogP contribution < -0.4 is 10.1 Å². The van der Waals surface area contributed by atoms with E-state index in [2.05, 4.69) is 16.4 Å². The third kappa shape index (κ3) is 3.79. The lowest BCUT2D eigenvalue weighted by Crippen LogP contribution is -2.30. The van der Waals surface area contributed by atoms with Gasteiger partial charge in [-0.25, -0.2) is 0 Å². The zero-order valence-electron chi connectivity index (χ0n) is 14.7. The number of aromatic nitrogens is 1. The SMILES string of the molecule is COc1ccc2cc([C@H](C)C(=O)NC(C)c3ccncc3)ccc2c1. The Labute approximate surface area is 147 Å². The van der Waals surface area contributed by atoms with E-state index in [0.717, 1.165) is 27.6 Å². The summed E-state index contributed by atoms with van der Waals surface area (Å²) in [7, 11) is 1.66. The van der Waals surface area contributed by atoms with Gasteiger partial charge in [0, 0.05) is 12.4 Å². The predicted molar refractivity (Wildman–Crippen MR) is 99.7 cm³/mol. The summed E-state index contributed by atoms with van der Waals surface area (Å²) < 4.78 is 5.26. The summed E-state index contributed by atoms with van der Waals surface area (Å²) in [5.74, 6) is 0.616. The zero-order valence-corrected chi connectivity index (χ0v) is 14.7. The number of carbonyl (C=O) groups excluding carboxylic acids is 1. The molecular weight excluding hydrogens is 312 g/mol. The van der Waals surface area contributed by atoms with Crippen LogP contribution in [0.1, 0.15) is 36.9 Å². The average molecular weight is 334 g/mol. The van der Waals surface area contributed by atoms with E-state index in [4.69, 9.17) is 4.74 Å². The minimum absolute atomic E-state index is 0.0113. The largest absolute Gasteiger partial charge is 0.497 e. The summed E-state index contributed by atoms with van der Waals surface area (Å²) in [5.41, 5.74) is 2.04. The van der Waals surface area contributed by atoms with E-state index in [1.165, 1.54) is 0 Å². The number of methoxy groups -OCH3 is 1. The molecule has 4 heteroatoms. The third-order valence-electron chi connectivity index (χ3n) is 4.53. The standard InChI is InChI=1S/C21H22N2O2/c1-14(21(24)23-15(2)16-8-10-22-11-9-16)17-4-5-19-13-20(25-3)7-6-18(19)12-17/h4-15H,1-3H3,(H,23,24)/t14-,15?/m0/s1. The number of hydrogen-bond acceptors (Lipinski definition) is 3. The maximum atomic E-state index is 12.6. The Morgan fingerprint density at radius 2 is 1.64 bits per heavy atom. The Morgan fingerprint density at radius 1 is 0.960 bits per heavy atom. The van der Waals surface area contributed by atoms with Crippen LogP contribution in [0.5, 0.6) is 5.75 Å². The Balaban J connectivity index is 1.76. The molecule has 0 saturated carbocycles. The number of nitrogens with one attached hydrogen (secondary N) is 1. The number of pyridine rings is 1. The normalized spacial score (nSPS) is 13.2. The van der Waals surface area contributed by atoms with E-state index in [0.29, 0.717) is 0 Å². The molecule has 25 heavy (non-hydrogen) atoms. The highest BCUT2D eigenvalue weighted by atomic mass is 16.5. The van der Waals surface area contributed by atoms with Crippen LogP contribution in [0.25, 0.3) is 10.8 Å². The number of benzene rings is 2. The van der Waals surface area contributed by atoms with Crippen molar-refractivity contribution in [3.63, 3.8) is 0 Å². The molecule has 0 radical (unpaired) electrons. The molecule has 0 aliphatic carbocycles. The molecule has 0 spiro atoms.